The summed E-state index contributed by atoms with van der Waals surface area (Å²) < 4.78 is 16.6. The summed E-state index contributed by atoms with van der Waals surface area (Å²) in [5.41, 5.74) is 6.85. The number of fused-ring (bicyclic) bond motifs is 1. The van der Waals surface area contributed by atoms with E-state index in [4.69, 9.17) is 19.6 Å². The Kier molecular flexibility index (Phi) is 5.18. The topological polar surface area (TPSA) is 107 Å². The Morgan fingerprint density at radius 3 is 2.41 bits per heavy atom. The molecular weight excluding hydrogens is 442 g/mol. The van der Waals surface area contributed by atoms with Gasteiger partial charge in [0.15, 0.2) is 21.9 Å². The maximum absolute atomic E-state index is 12.5. The molecule has 152 valence electrons. The predicted molar refractivity (Wildman–Crippen MR) is 112 cm³/mol. The molecule has 1 aromatic carbocycles. The molecule has 0 radical (unpaired) electrons. The van der Waals surface area contributed by atoms with E-state index < -0.39 is 0 Å². The lowest BCUT2D eigenvalue weighted by atomic mass is 10.2. The molecule has 1 saturated heterocycles. The fourth-order valence-electron chi connectivity index (χ4n) is 3.30. The van der Waals surface area contributed by atoms with Crippen molar-refractivity contribution < 1.29 is 18.7 Å². The highest BCUT2D eigenvalue weighted by Crippen LogP contribution is 2.34. The molecule has 1 aliphatic rings. The third-order valence-electron chi connectivity index (χ3n) is 4.85. The first-order chi connectivity index (χ1) is 14.0. The highest BCUT2D eigenvalue weighted by Gasteiger charge is 2.26. The molecule has 3 heterocycles. The fraction of sp³-hybridized carbons (Fsp3) is 0.316. The van der Waals surface area contributed by atoms with Gasteiger partial charge in [0, 0.05) is 37.6 Å². The Hall–Kier alpha value is -3.01. The van der Waals surface area contributed by atoms with Gasteiger partial charge in [-0.25, -0.2) is 4.98 Å². The third kappa shape index (κ3) is 3.67. The number of methoxy groups -OCH3 is 2. The van der Waals surface area contributed by atoms with Crippen molar-refractivity contribution in [2.45, 2.75) is 0 Å². The molecule has 0 bridgehead atoms. The molecule has 9 nitrogen and oxygen atoms in total. The third-order valence-corrected chi connectivity index (χ3v) is 5.28. The van der Waals surface area contributed by atoms with Crippen LogP contribution in [0.3, 0.4) is 0 Å². The molecule has 29 heavy (non-hydrogen) atoms. The van der Waals surface area contributed by atoms with Crippen LogP contribution in [0.25, 0.3) is 10.9 Å². The minimum absolute atomic E-state index is 0.133. The van der Waals surface area contributed by atoms with E-state index in [0.717, 1.165) is 0 Å². The van der Waals surface area contributed by atoms with Gasteiger partial charge in [0.1, 0.15) is 5.82 Å². The number of nitrogens with zero attached hydrogens (tertiary/aromatic N) is 4. The predicted octanol–water partition coefficient (Wildman–Crippen LogP) is 2.55. The number of halogens is 1. The highest BCUT2D eigenvalue weighted by atomic mass is 79.9. The van der Waals surface area contributed by atoms with E-state index in [-0.39, 0.29) is 5.91 Å². The van der Waals surface area contributed by atoms with Crippen LogP contribution in [-0.4, -0.2) is 61.2 Å². The molecule has 3 aromatic rings. The first kappa shape index (κ1) is 19.3. The Morgan fingerprint density at radius 1 is 1.10 bits per heavy atom. The quantitative estimate of drug-likeness (QED) is 0.631. The second kappa shape index (κ2) is 7.78. The zero-order valence-corrected chi connectivity index (χ0v) is 17.6. The number of carbonyl (C=O) groups is 1. The van der Waals surface area contributed by atoms with Crippen molar-refractivity contribution in [3.8, 4) is 11.5 Å². The number of aromatic nitrogens is 2. The number of benzene rings is 1. The van der Waals surface area contributed by atoms with Crippen LogP contribution in [0.4, 0.5) is 11.8 Å². The van der Waals surface area contributed by atoms with Crippen molar-refractivity contribution in [3.05, 3.63) is 34.7 Å². The van der Waals surface area contributed by atoms with Gasteiger partial charge in [-0.2, -0.15) is 4.98 Å². The number of nitrogen functional groups attached to an aromatic ring is 1. The SMILES string of the molecule is COc1cc2nc(N3CCN(C(=O)c4ccc(Br)o4)CC3)nc(N)c2cc1OC. The van der Waals surface area contributed by atoms with Gasteiger partial charge in [0.2, 0.25) is 5.95 Å². The molecule has 0 aliphatic carbocycles. The Labute approximate surface area is 175 Å². The van der Waals surface area contributed by atoms with Crippen LogP contribution in [0.5, 0.6) is 11.5 Å². The summed E-state index contributed by atoms with van der Waals surface area (Å²) in [6.45, 7) is 2.24. The summed E-state index contributed by atoms with van der Waals surface area (Å²) in [7, 11) is 3.14. The van der Waals surface area contributed by atoms with E-state index >= 15 is 0 Å². The van der Waals surface area contributed by atoms with Crippen LogP contribution in [0, 0.1) is 0 Å². The minimum Gasteiger partial charge on any atom is -0.493 e. The zero-order chi connectivity index (χ0) is 20.5. The van der Waals surface area contributed by atoms with Gasteiger partial charge in [-0.1, -0.05) is 0 Å². The lowest BCUT2D eigenvalue weighted by Crippen LogP contribution is -2.49. The molecule has 2 aromatic heterocycles. The molecule has 10 heteroatoms. The standard InChI is InChI=1S/C19H20BrN5O4/c1-27-14-9-11-12(10-15(14)28-2)22-19(23-17(11)21)25-7-5-24(6-8-25)18(26)13-3-4-16(20)29-13/h3-4,9-10H,5-8H2,1-2H3,(H2,21,22,23). The molecule has 0 unspecified atom stereocenters. The van der Waals surface area contributed by atoms with Crippen LogP contribution < -0.4 is 20.1 Å². The molecular formula is C19H20BrN5O4. The average Bonchev–Trinajstić information content (AvgIpc) is 3.18. The van der Waals surface area contributed by atoms with Crippen molar-refractivity contribution >= 4 is 44.5 Å². The van der Waals surface area contributed by atoms with E-state index in [1.807, 2.05) is 4.90 Å². The summed E-state index contributed by atoms with van der Waals surface area (Å²) in [6.07, 6.45) is 0. The number of amides is 1. The van der Waals surface area contributed by atoms with E-state index in [0.29, 0.717) is 70.8 Å². The summed E-state index contributed by atoms with van der Waals surface area (Å²) in [4.78, 5) is 25.4. The normalized spacial score (nSPS) is 14.3. The van der Waals surface area contributed by atoms with Gasteiger partial charge in [-0.3, -0.25) is 4.79 Å². The van der Waals surface area contributed by atoms with Gasteiger partial charge in [-0.15, -0.1) is 0 Å². The number of piperazine rings is 1. The van der Waals surface area contributed by atoms with Gasteiger partial charge in [0.25, 0.3) is 5.91 Å². The molecule has 2 N–H and O–H groups in total. The van der Waals surface area contributed by atoms with Crippen LogP contribution in [0.1, 0.15) is 10.6 Å². The average molecular weight is 462 g/mol. The largest absolute Gasteiger partial charge is 0.493 e. The smallest absolute Gasteiger partial charge is 0.289 e. The van der Waals surface area contributed by atoms with Crippen molar-refractivity contribution in [2.24, 2.45) is 0 Å². The second-order valence-electron chi connectivity index (χ2n) is 6.52. The zero-order valence-electron chi connectivity index (χ0n) is 16.0. The van der Waals surface area contributed by atoms with E-state index in [1.165, 1.54) is 0 Å². The number of anilines is 2. The summed E-state index contributed by atoms with van der Waals surface area (Å²) in [5, 5.41) is 0.698. The first-order valence-corrected chi connectivity index (χ1v) is 9.78. The Bertz CT molecular complexity index is 1060. The molecule has 0 saturated carbocycles. The molecule has 1 fully saturated rings. The van der Waals surface area contributed by atoms with Gasteiger partial charge in [0.05, 0.1) is 19.7 Å². The van der Waals surface area contributed by atoms with E-state index in [1.54, 1.807) is 43.4 Å². The number of nitrogens with two attached hydrogens (primary N) is 1. The molecule has 4 rings (SSSR count). The van der Waals surface area contributed by atoms with E-state index in [2.05, 4.69) is 25.9 Å². The van der Waals surface area contributed by atoms with Crippen molar-refractivity contribution in [2.75, 3.05) is 51.0 Å². The maximum Gasteiger partial charge on any atom is 0.289 e. The summed E-state index contributed by atoms with van der Waals surface area (Å²) >= 11 is 3.22. The van der Waals surface area contributed by atoms with Crippen molar-refractivity contribution in [1.82, 2.24) is 14.9 Å². The van der Waals surface area contributed by atoms with Crippen molar-refractivity contribution in [3.63, 3.8) is 0 Å². The Morgan fingerprint density at radius 2 is 1.79 bits per heavy atom. The maximum atomic E-state index is 12.5. The monoisotopic (exact) mass is 461 g/mol. The van der Waals surface area contributed by atoms with E-state index in [9.17, 15) is 4.79 Å². The summed E-state index contributed by atoms with van der Waals surface area (Å²) in [6, 6.07) is 6.92. The number of ether oxygens (including phenoxy) is 2. The lowest BCUT2D eigenvalue weighted by molar-refractivity contribution is 0.0713. The minimum atomic E-state index is -0.133. The molecule has 0 atom stereocenters. The fourth-order valence-corrected chi connectivity index (χ4v) is 3.61. The van der Waals surface area contributed by atoms with Crippen LogP contribution >= 0.6 is 15.9 Å². The van der Waals surface area contributed by atoms with Crippen LogP contribution in [0.2, 0.25) is 0 Å². The Balaban J connectivity index is 1.54. The van der Waals surface area contributed by atoms with Crippen molar-refractivity contribution in [1.29, 1.82) is 0 Å². The number of rotatable bonds is 4. The number of hydrogen-bond donors (Lipinski definition) is 1. The molecule has 0 spiro atoms. The number of furan rings is 1. The lowest BCUT2D eigenvalue weighted by Gasteiger charge is -2.34. The number of carbonyl (C=O) groups excluding carboxylic acids is 1. The highest BCUT2D eigenvalue weighted by molar-refractivity contribution is 9.10. The van der Waals surface area contributed by atoms with Gasteiger partial charge in [-0.05, 0) is 34.1 Å². The first-order valence-electron chi connectivity index (χ1n) is 8.99. The number of hydrogen-bond acceptors (Lipinski definition) is 8. The van der Waals surface area contributed by atoms with Crippen LogP contribution in [-0.2, 0) is 0 Å². The molecule has 1 aliphatic heterocycles. The summed E-state index contributed by atoms with van der Waals surface area (Å²) in [5.74, 6) is 2.22. The van der Waals surface area contributed by atoms with Crippen LogP contribution in [0.15, 0.2) is 33.4 Å². The van der Waals surface area contributed by atoms with Gasteiger partial charge < -0.3 is 29.4 Å². The molecule has 1 amide bonds. The second-order valence-corrected chi connectivity index (χ2v) is 7.30. The van der Waals surface area contributed by atoms with Gasteiger partial charge >= 0.3 is 0 Å².